The Balaban J connectivity index is 0.000000147. The molecule has 2 unspecified atom stereocenters. The van der Waals surface area contributed by atoms with Crippen molar-refractivity contribution in [2.75, 3.05) is 41.3 Å². The first-order valence-corrected chi connectivity index (χ1v) is 15.8. The van der Waals surface area contributed by atoms with Crippen LogP contribution in [0, 0.1) is 11.8 Å². The minimum atomic E-state index is -2.37. The standard InChI is InChI=1S/2C18H25NO/c2*1-19-10-9-18-8-4-3-5-15(18)17(19)11-13-6-7-14(20-2)12-16(13)18/h2*6-7,12,15,17H,3-5,8-11H2,1-2H3/t2*15?,17-,18-/m00/s1/i2*2D3. The second-order valence-electron chi connectivity index (χ2n) is 13.9. The number of likely N-dealkylation sites (tertiary alicyclic amines) is 2. The first-order valence-electron chi connectivity index (χ1n) is 18.8. The number of likely N-dealkylation sites (N-methyl/N-ethyl adjacent to an activating group) is 2. The summed E-state index contributed by atoms with van der Waals surface area (Å²) in [5.74, 6) is 2.43. The zero-order chi connectivity index (χ0) is 32.5. The molecule has 0 aromatic heterocycles. The van der Waals surface area contributed by atoms with Crippen molar-refractivity contribution in [1.82, 2.24) is 9.80 Å². The Bertz CT molecular complexity index is 1340. The third kappa shape index (κ3) is 4.07. The molecular weight excluding hydrogens is 492 g/mol. The normalized spacial score (nSPS) is 39.0. The molecule has 4 aliphatic carbocycles. The molecule has 2 heterocycles. The van der Waals surface area contributed by atoms with E-state index in [1.165, 1.54) is 86.5 Å². The van der Waals surface area contributed by atoms with Crippen LogP contribution in [0.5, 0.6) is 11.5 Å². The summed E-state index contributed by atoms with van der Waals surface area (Å²) in [6, 6.07) is 13.3. The van der Waals surface area contributed by atoms with E-state index in [0.717, 1.165) is 25.9 Å². The summed E-state index contributed by atoms with van der Waals surface area (Å²) in [5.41, 5.74) is 6.06. The van der Waals surface area contributed by atoms with E-state index in [0.29, 0.717) is 35.4 Å². The van der Waals surface area contributed by atoms with Gasteiger partial charge in [0.1, 0.15) is 11.5 Å². The minimum Gasteiger partial charge on any atom is -0.497 e. The van der Waals surface area contributed by atoms with Crippen molar-refractivity contribution in [3.8, 4) is 11.5 Å². The minimum absolute atomic E-state index is 0.247. The lowest BCUT2D eigenvalue weighted by atomic mass is 9.52. The topological polar surface area (TPSA) is 24.9 Å². The molecule has 216 valence electrons. The highest BCUT2D eigenvalue weighted by Crippen LogP contribution is 2.57. The van der Waals surface area contributed by atoms with E-state index in [1.54, 1.807) is 0 Å². The molecule has 4 nitrogen and oxygen atoms in total. The number of nitrogens with zero attached hydrogens (tertiary/aromatic N) is 2. The Morgan fingerprint density at radius 3 is 1.60 bits per heavy atom. The van der Waals surface area contributed by atoms with Gasteiger partial charge in [0.15, 0.2) is 0 Å². The Labute approximate surface area is 250 Å². The number of benzene rings is 2. The van der Waals surface area contributed by atoms with E-state index in [-0.39, 0.29) is 10.8 Å². The van der Waals surface area contributed by atoms with Crippen molar-refractivity contribution in [3.05, 3.63) is 58.7 Å². The fraction of sp³-hybridized carbons (Fsp3) is 0.667. The fourth-order valence-electron chi connectivity index (χ4n) is 10.5. The maximum atomic E-state index is 7.36. The molecule has 2 aromatic rings. The number of rotatable bonds is 2. The zero-order valence-corrected chi connectivity index (χ0v) is 24.4. The van der Waals surface area contributed by atoms with Crippen molar-refractivity contribution in [2.24, 2.45) is 11.8 Å². The quantitative estimate of drug-likeness (QED) is 0.414. The van der Waals surface area contributed by atoms with Crippen LogP contribution in [0.2, 0.25) is 0 Å². The maximum absolute atomic E-state index is 7.36. The van der Waals surface area contributed by atoms with Crippen LogP contribution >= 0.6 is 0 Å². The molecule has 0 N–H and O–H groups in total. The third-order valence-electron chi connectivity index (χ3n) is 12.4. The van der Waals surface area contributed by atoms with Crippen LogP contribution < -0.4 is 9.47 Å². The van der Waals surface area contributed by atoms with E-state index < -0.39 is 14.1 Å². The fourth-order valence-corrected chi connectivity index (χ4v) is 10.5. The van der Waals surface area contributed by atoms with Crippen LogP contribution in [-0.4, -0.2) is 63.1 Å². The van der Waals surface area contributed by atoms with E-state index in [4.69, 9.17) is 17.7 Å². The first kappa shape index (κ1) is 20.8. The van der Waals surface area contributed by atoms with Crippen molar-refractivity contribution < 1.29 is 17.7 Å². The van der Waals surface area contributed by atoms with Gasteiger partial charge in [0.2, 0.25) is 0 Å². The van der Waals surface area contributed by atoms with Gasteiger partial charge in [-0.15, -0.1) is 0 Å². The Hall–Kier alpha value is -2.04. The van der Waals surface area contributed by atoms with Gasteiger partial charge in [0.05, 0.1) is 22.3 Å². The summed E-state index contributed by atoms with van der Waals surface area (Å²) in [7, 11) is -0.218. The summed E-state index contributed by atoms with van der Waals surface area (Å²) >= 11 is 0. The monoisotopic (exact) mass is 548 g/mol. The highest BCUT2D eigenvalue weighted by molar-refractivity contribution is 5.47. The molecule has 4 bridgehead atoms. The molecule has 6 aliphatic rings. The number of piperidine rings is 2. The second-order valence-corrected chi connectivity index (χ2v) is 13.9. The largest absolute Gasteiger partial charge is 0.497 e. The molecule has 2 aliphatic heterocycles. The summed E-state index contributed by atoms with van der Waals surface area (Å²) in [6.45, 7) is 2.29. The van der Waals surface area contributed by atoms with Crippen LogP contribution in [0.3, 0.4) is 0 Å². The maximum Gasteiger partial charge on any atom is 0.119 e. The number of fused-ring (bicyclic) bond motifs is 2. The first-order chi connectivity index (χ1) is 21.8. The average Bonchev–Trinajstić information content (AvgIpc) is 3.00. The molecule has 4 heteroatoms. The van der Waals surface area contributed by atoms with Crippen LogP contribution in [0.15, 0.2) is 36.4 Å². The molecule has 0 amide bonds. The smallest absolute Gasteiger partial charge is 0.119 e. The predicted octanol–water partition coefficient (Wildman–Crippen LogP) is 6.77. The van der Waals surface area contributed by atoms with Crippen LogP contribution in [0.1, 0.15) is 94.7 Å². The molecule has 2 aromatic carbocycles. The Morgan fingerprint density at radius 1 is 0.675 bits per heavy atom. The molecule has 4 fully saturated rings. The van der Waals surface area contributed by atoms with Crippen molar-refractivity contribution >= 4 is 0 Å². The molecule has 2 saturated heterocycles. The van der Waals surface area contributed by atoms with Gasteiger partial charge in [-0.2, -0.15) is 0 Å². The highest BCUT2D eigenvalue weighted by Gasteiger charge is 2.54. The SMILES string of the molecule is [2H]C([2H])([2H])Oc1ccc2c(c1)[C@]13CCCCC1[C@H](C2)N(C)CC3.[2H]C([2H])([2H])Oc1ccc2c(c1)[C@]13CCCCC1[C@H](C2)N(C)CC3. The van der Waals surface area contributed by atoms with Crippen molar-refractivity contribution in [3.63, 3.8) is 0 Å². The van der Waals surface area contributed by atoms with Gasteiger partial charge in [-0.1, -0.05) is 37.8 Å². The van der Waals surface area contributed by atoms with Crippen molar-refractivity contribution in [1.29, 1.82) is 0 Å². The average molecular weight is 549 g/mol. The van der Waals surface area contributed by atoms with Gasteiger partial charge in [0.25, 0.3) is 0 Å². The lowest BCUT2D eigenvalue weighted by Crippen LogP contribution is -2.59. The van der Waals surface area contributed by atoms with Crippen LogP contribution in [0.4, 0.5) is 0 Å². The summed E-state index contributed by atoms with van der Waals surface area (Å²) in [5, 5.41) is 0. The Morgan fingerprint density at radius 2 is 1.15 bits per heavy atom. The lowest BCUT2D eigenvalue weighted by Gasteiger charge is -2.58. The number of methoxy groups -OCH3 is 2. The zero-order valence-electron chi connectivity index (χ0n) is 30.4. The third-order valence-corrected chi connectivity index (χ3v) is 12.4. The van der Waals surface area contributed by atoms with Gasteiger partial charge in [-0.3, -0.25) is 0 Å². The lowest BCUT2D eigenvalue weighted by molar-refractivity contribution is 0.00272. The molecule has 0 radical (unpaired) electrons. The molecule has 8 rings (SSSR count). The predicted molar refractivity (Wildman–Crippen MR) is 163 cm³/mol. The summed E-state index contributed by atoms with van der Waals surface area (Å²) < 4.78 is 54.5. The second kappa shape index (κ2) is 10.3. The van der Waals surface area contributed by atoms with Gasteiger partial charge < -0.3 is 19.3 Å². The molecule has 40 heavy (non-hydrogen) atoms. The van der Waals surface area contributed by atoms with E-state index >= 15 is 0 Å². The summed E-state index contributed by atoms with van der Waals surface area (Å²) in [6.07, 6.45) is 14.9. The van der Waals surface area contributed by atoms with E-state index in [1.807, 2.05) is 24.3 Å². The number of ether oxygens (including phenoxy) is 2. The van der Waals surface area contributed by atoms with Crippen LogP contribution in [0.25, 0.3) is 0 Å². The highest BCUT2D eigenvalue weighted by atomic mass is 16.5. The summed E-state index contributed by atoms with van der Waals surface area (Å²) in [4.78, 5) is 5.09. The molecule has 2 saturated carbocycles. The van der Waals surface area contributed by atoms with E-state index in [9.17, 15) is 0 Å². The van der Waals surface area contributed by atoms with E-state index in [2.05, 4.69) is 36.0 Å². The van der Waals surface area contributed by atoms with Crippen LogP contribution in [-0.2, 0) is 23.7 Å². The number of hydrogen-bond donors (Lipinski definition) is 0. The van der Waals surface area contributed by atoms with Crippen molar-refractivity contribution in [2.45, 2.75) is 100.0 Å². The van der Waals surface area contributed by atoms with Gasteiger partial charge in [0, 0.05) is 22.9 Å². The molecule has 0 spiro atoms. The van der Waals surface area contributed by atoms with Gasteiger partial charge in [-0.25, -0.2) is 0 Å². The molecule has 6 atom stereocenters. The number of hydrogen-bond acceptors (Lipinski definition) is 4. The van der Waals surface area contributed by atoms with Gasteiger partial charge in [-0.05, 0) is 137 Å². The Kier molecular flexibility index (Phi) is 5.37. The van der Waals surface area contributed by atoms with Gasteiger partial charge >= 0.3 is 0 Å². The molecular formula is C36H50N2O2.